The summed E-state index contributed by atoms with van der Waals surface area (Å²) >= 11 is 0. The number of nitrogens with zero attached hydrogens (tertiary/aromatic N) is 1. The molecule has 1 heterocycles. The minimum Gasteiger partial charge on any atom is -0.507 e. The van der Waals surface area contributed by atoms with Crippen molar-refractivity contribution in [1.82, 2.24) is 0 Å². The van der Waals surface area contributed by atoms with Crippen molar-refractivity contribution in [3.8, 4) is 5.75 Å². The van der Waals surface area contributed by atoms with Gasteiger partial charge in [0.1, 0.15) is 17.3 Å². The highest BCUT2D eigenvalue weighted by Crippen LogP contribution is 2.44. The number of anilines is 1. The number of carbonyl (C=O) groups is 2. The molecule has 1 aliphatic heterocycles. The summed E-state index contributed by atoms with van der Waals surface area (Å²) in [5.41, 5.74) is -1.80. The number of rotatable bonds is 5. The number of aliphatic hydroxyl groups is 1. The molecule has 1 fully saturated rings. The number of halogens is 4. The molecule has 0 bridgehead atoms. The molecule has 3 aromatic carbocycles. The number of amides is 1. The molecule has 4 rings (SSSR count). The first kappa shape index (κ1) is 24.0. The van der Waals surface area contributed by atoms with Crippen molar-refractivity contribution in [2.24, 2.45) is 0 Å². The Morgan fingerprint density at radius 2 is 1.71 bits per heavy atom. The van der Waals surface area contributed by atoms with Crippen LogP contribution in [0.5, 0.6) is 5.75 Å². The fourth-order valence-corrected chi connectivity index (χ4v) is 3.98. The van der Waals surface area contributed by atoms with Crippen molar-refractivity contribution in [2.75, 3.05) is 11.5 Å². The van der Waals surface area contributed by atoms with Crippen LogP contribution in [0.4, 0.5) is 23.2 Å². The molecular formula is C26H19F4NO4. The highest BCUT2D eigenvalue weighted by Gasteiger charge is 2.48. The molecule has 3 aromatic rings. The third-order valence-electron chi connectivity index (χ3n) is 5.51. The second-order valence-electron chi connectivity index (χ2n) is 7.70. The highest BCUT2D eigenvalue weighted by atomic mass is 19.4. The lowest BCUT2D eigenvalue weighted by atomic mass is 9.94. The van der Waals surface area contributed by atoms with Crippen LogP contribution in [0, 0.1) is 5.82 Å². The lowest BCUT2D eigenvalue weighted by molar-refractivity contribution is -0.137. The van der Waals surface area contributed by atoms with Crippen LogP contribution in [0.1, 0.15) is 29.7 Å². The van der Waals surface area contributed by atoms with Crippen molar-refractivity contribution in [3.05, 3.63) is 101 Å². The average molecular weight is 485 g/mol. The average Bonchev–Trinajstić information content (AvgIpc) is 3.09. The molecule has 0 aromatic heterocycles. The summed E-state index contributed by atoms with van der Waals surface area (Å²) in [6.45, 7) is 2.09. The quantitative estimate of drug-likeness (QED) is 0.213. The minimum absolute atomic E-state index is 0.124. The largest absolute Gasteiger partial charge is 0.507 e. The number of carbonyl (C=O) groups excluding carboxylic acids is 2. The van der Waals surface area contributed by atoms with Crippen molar-refractivity contribution < 1.29 is 37.0 Å². The van der Waals surface area contributed by atoms with E-state index in [1.165, 1.54) is 36.4 Å². The predicted molar refractivity (Wildman–Crippen MR) is 120 cm³/mol. The molecule has 0 spiro atoms. The molecule has 9 heteroatoms. The summed E-state index contributed by atoms with van der Waals surface area (Å²) in [5, 5.41) is 11.1. The zero-order chi connectivity index (χ0) is 25.3. The Kier molecular flexibility index (Phi) is 6.34. The van der Waals surface area contributed by atoms with E-state index in [1.54, 1.807) is 19.1 Å². The van der Waals surface area contributed by atoms with Gasteiger partial charge in [-0.2, -0.15) is 13.2 Å². The normalized spacial score (nSPS) is 17.6. The smallest absolute Gasteiger partial charge is 0.416 e. The second kappa shape index (κ2) is 9.25. The van der Waals surface area contributed by atoms with Gasteiger partial charge in [-0.25, -0.2) is 4.39 Å². The van der Waals surface area contributed by atoms with Crippen LogP contribution >= 0.6 is 0 Å². The Hall–Kier alpha value is -4.14. The summed E-state index contributed by atoms with van der Waals surface area (Å²) in [5.74, 6) is -3.38. The van der Waals surface area contributed by atoms with Gasteiger partial charge in [0.25, 0.3) is 11.7 Å². The molecule has 1 unspecified atom stereocenters. The Morgan fingerprint density at radius 3 is 2.40 bits per heavy atom. The molecule has 5 nitrogen and oxygen atoms in total. The first-order chi connectivity index (χ1) is 16.6. The van der Waals surface area contributed by atoms with Gasteiger partial charge < -0.3 is 9.84 Å². The van der Waals surface area contributed by atoms with Gasteiger partial charge in [-0.1, -0.05) is 36.4 Å². The van der Waals surface area contributed by atoms with E-state index in [2.05, 4.69) is 0 Å². The van der Waals surface area contributed by atoms with Gasteiger partial charge in [0.2, 0.25) is 0 Å². The SMILES string of the molecule is CCOc1cccc(/C(O)=C2\C(=O)C(=O)N(c3cccc(C(F)(F)F)c3)C2c2ccccc2F)c1. The van der Waals surface area contributed by atoms with Crippen molar-refractivity contribution in [2.45, 2.75) is 19.1 Å². The van der Waals surface area contributed by atoms with Crippen LogP contribution in [0.2, 0.25) is 0 Å². The van der Waals surface area contributed by atoms with Crippen LogP contribution in [-0.4, -0.2) is 23.4 Å². The lowest BCUT2D eigenvalue weighted by Crippen LogP contribution is -2.30. The minimum atomic E-state index is -4.71. The number of ether oxygens (including phenoxy) is 1. The molecule has 35 heavy (non-hydrogen) atoms. The van der Waals surface area contributed by atoms with Gasteiger partial charge in [0.05, 0.1) is 23.8 Å². The molecule has 1 amide bonds. The van der Waals surface area contributed by atoms with E-state index < -0.39 is 46.6 Å². The third kappa shape index (κ3) is 4.49. The van der Waals surface area contributed by atoms with Gasteiger partial charge in [-0.15, -0.1) is 0 Å². The number of hydrogen-bond acceptors (Lipinski definition) is 4. The van der Waals surface area contributed by atoms with Gasteiger partial charge in [-0.3, -0.25) is 14.5 Å². The number of hydrogen-bond donors (Lipinski definition) is 1. The number of aliphatic hydroxyl groups excluding tert-OH is 1. The van der Waals surface area contributed by atoms with Crippen LogP contribution in [0.25, 0.3) is 5.76 Å². The molecule has 1 aliphatic rings. The molecule has 1 saturated heterocycles. The first-order valence-corrected chi connectivity index (χ1v) is 10.6. The zero-order valence-electron chi connectivity index (χ0n) is 18.3. The van der Waals surface area contributed by atoms with Crippen LogP contribution < -0.4 is 9.64 Å². The summed E-state index contributed by atoms with van der Waals surface area (Å²) in [6, 6.07) is 13.6. The first-order valence-electron chi connectivity index (χ1n) is 10.6. The van der Waals surface area contributed by atoms with Crippen molar-refractivity contribution in [1.29, 1.82) is 0 Å². The number of Topliss-reactive ketones (excluding diaryl/α,β-unsaturated/α-hetero) is 1. The third-order valence-corrected chi connectivity index (χ3v) is 5.51. The van der Waals surface area contributed by atoms with Gasteiger partial charge in [0, 0.05) is 16.8 Å². The lowest BCUT2D eigenvalue weighted by Gasteiger charge is -2.26. The number of benzene rings is 3. The molecule has 1 N–H and O–H groups in total. The molecule has 0 radical (unpaired) electrons. The summed E-state index contributed by atoms with van der Waals surface area (Å²) in [6.07, 6.45) is -4.71. The van der Waals surface area contributed by atoms with Crippen LogP contribution in [0.3, 0.4) is 0 Å². The topological polar surface area (TPSA) is 66.8 Å². The van der Waals surface area contributed by atoms with E-state index in [4.69, 9.17) is 4.74 Å². The Balaban J connectivity index is 1.95. The van der Waals surface area contributed by atoms with E-state index in [-0.39, 0.29) is 16.8 Å². The monoisotopic (exact) mass is 485 g/mol. The fourth-order valence-electron chi connectivity index (χ4n) is 3.98. The van der Waals surface area contributed by atoms with Gasteiger partial charge >= 0.3 is 6.18 Å². The van der Waals surface area contributed by atoms with E-state index in [0.29, 0.717) is 18.4 Å². The molecule has 0 aliphatic carbocycles. The van der Waals surface area contributed by atoms with Gasteiger partial charge in [0.15, 0.2) is 0 Å². The van der Waals surface area contributed by atoms with Gasteiger partial charge in [-0.05, 0) is 43.3 Å². The predicted octanol–water partition coefficient (Wildman–Crippen LogP) is 5.87. The van der Waals surface area contributed by atoms with Crippen molar-refractivity contribution in [3.63, 3.8) is 0 Å². The van der Waals surface area contributed by atoms with E-state index in [9.17, 15) is 32.3 Å². The number of ketones is 1. The van der Waals surface area contributed by atoms with Crippen molar-refractivity contribution >= 4 is 23.1 Å². The molecular weight excluding hydrogens is 466 g/mol. The standard InChI is InChI=1S/C26H19F4NO4/c1-2-35-18-10-5-7-15(13-18)23(32)21-22(19-11-3-4-12-20(19)27)31(25(34)24(21)33)17-9-6-8-16(14-17)26(28,29)30/h3-14,22,32H,2H2,1H3/b23-21+. The van der Waals surface area contributed by atoms with Crippen LogP contribution in [-0.2, 0) is 15.8 Å². The molecule has 1 atom stereocenters. The van der Waals surface area contributed by atoms with E-state index in [1.807, 2.05) is 0 Å². The summed E-state index contributed by atoms with van der Waals surface area (Å²) in [7, 11) is 0. The van der Waals surface area contributed by atoms with E-state index in [0.717, 1.165) is 23.1 Å². The fraction of sp³-hybridized carbons (Fsp3) is 0.154. The highest BCUT2D eigenvalue weighted by molar-refractivity contribution is 6.51. The summed E-state index contributed by atoms with van der Waals surface area (Å²) < 4.78 is 60.4. The Labute approximate surface area is 197 Å². The number of alkyl halides is 3. The molecule has 0 saturated carbocycles. The maximum absolute atomic E-state index is 14.9. The molecule has 180 valence electrons. The summed E-state index contributed by atoms with van der Waals surface area (Å²) in [4.78, 5) is 27.0. The Bertz CT molecular complexity index is 1330. The maximum Gasteiger partial charge on any atom is 0.416 e. The zero-order valence-corrected chi connectivity index (χ0v) is 18.3. The maximum atomic E-state index is 14.9. The Morgan fingerprint density at radius 1 is 1.00 bits per heavy atom. The van der Waals surface area contributed by atoms with Crippen LogP contribution in [0.15, 0.2) is 78.4 Å². The second-order valence-corrected chi connectivity index (χ2v) is 7.70. The van der Waals surface area contributed by atoms with E-state index >= 15 is 0 Å².